The number of fused-ring (bicyclic) bond motifs is 2. The molecular formula is C34H43ClN6O4. The van der Waals surface area contributed by atoms with Gasteiger partial charge < -0.3 is 24.6 Å². The molecule has 2 N–H and O–H groups in total. The van der Waals surface area contributed by atoms with Gasteiger partial charge in [0, 0.05) is 43.6 Å². The number of piperazine rings is 1. The Morgan fingerprint density at radius 3 is 2.67 bits per heavy atom. The summed E-state index contributed by atoms with van der Waals surface area (Å²) < 4.78 is 1.86. The Hall–Kier alpha value is -3.31. The van der Waals surface area contributed by atoms with Crippen molar-refractivity contribution in [1.29, 1.82) is 0 Å². The first kappa shape index (κ1) is 31.7. The number of benzene rings is 1. The number of piperidine rings is 1. The third-order valence-corrected chi connectivity index (χ3v) is 9.82. The number of carbonyl (C=O) groups excluding carboxylic acids is 2. The Kier molecular flexibility index (Phi) is 9.03. The molecule has 2 aliphatic heterocycles. The second kappa shape index (κ2) is 12.8. The van der Waals surface area contributed by atoms with E-state index >= 15 is 0 Å². The Balaban J connectivity index is 1.33. The van der Waals surface area contributed by atoms with Crippen LogP contribution in [-0.4, -0.2) is 102 Å². The molecule has 0 bridgehead atoms. The van der Waals surface area contributed by atoms with Gasteiger partial charge in [0.2, 0.25) is 5.91 Å². The minimum Gasteiger partial charge on any atom is -0.386 e. The molecular weight excluding hydrogens is 592 g/mol. The number of aryl methyl sites for hydroxylation is 3. The van der Waals surface area contributed by atoms with Crippen molar-refractivity contribution in [2.24, 2.45) is 5.92 Å². The highest BCUT2D eigenvalue weighted by Crippen LogP contribution is 2.38. The van der Waals surface area contributed by atoms with Gasteiger partial charge in [0.15, 0.2) is 0 Å². The smallest absolute Gasteiger partial charge is 0.252 e. The zero-order chi connectivity index (χ0) is 31.9. The molecule has 10 nitrogen and oxygen atoms in total. The van der Waals surface area contributed by atoms with Crippen molar-refractivity contribution < 1.29 is 19.8 Å². The average Bonchev–Trinajstić information content (AvgIpc) is 3.35. The molecule has 4 atom stereocenters. The maximum atomic E-state index is 14.5. The topological polar surface area (TPSA) is 115 Å². The molecule has 1 aromatic carbocycles. The van der Waals surface area contributed by atoms with Gasteiger partial charge in [0.1, 0.15) is 17.7 Å². The molecule has 11 heteroatoms. The summed E-state index contributed by atoms with van der Waals surface area (Å²) in [5.41, 5.74) is 4.10. The monoisotopic (exact) mass is 634 g/mol. The largest absolute Gasteiger partial charge is 0.386 e. The summed E-state index contributed by atoms with van der Waals surface area (Å²) in [5, 5.41) is 23.1. The molecule has 45 heavy (non-hydrogen) atoms. The molecule has 2 amide bonds. The summed E-state index contributed by atoms with van der Waals surface area (Å²) in [7, 11) is 0. The number of carbonyl (C=O) groups is 2. The van der Waals surface area contributed by atoms with Gasteiger partial charge in [0.05, 0.1) is 36.8 Å². The molecule has 0 spiro atoms. The maximum Gasteiger partial charge on any atom is 0.252 e. The molecule has 4 heterocycles. The van der Waals surface area contributed by atoms with E-state index in [1.807, 2.05) is 42.1 Å². The fraction of sp³-hybridized carbons (Fsp3) is 0.529. The Bertz CT molecular complexity index is 1560. The number of aromatic nitrogens is 3. The molecule has 0 saturated carbocycles. The third-order valence-electron chi connectivity index (χ3n) is 9.58. The molecule has 2 saturated heterocycles. The van der Waals surface area contributed by atoms with Crippen LogP contribution in [-0.2, 0) is 29.0 Å². The van der Waals surface area contributed by atoms with Crippen molar-refractivity contribution in [3.8, 4) is 0 Å². The van der Waals surface area contributed by atoms with Crippen molar-refractivity contribution in [1.82, 2.24) is 29.2 Å². The first-order chi connectivity index (χ1) is 21.5. The molecule has 6 rings (SSSR count). The normalized spacial score (nSPS) is 24.6. The highest BCUT2D eigenvalue weighted by atomic mass is 35.5. The van der Waals surface area contributed by atoms with Crippen LogP contribution in [0.15, 0.2) is 49.1 Å². The number of imidazole rings is 1. The Morgan fingerprint density at radius 2 is 1.91 bits per heavy atom. The van der Waals surface area contributed by atoms with E-state index in [9.17, 15) is 19.8 Å². The number of amides is 2. The van der Waals surface area contributed by atoms with E-state index in [0.29, 0.717) is 37.5 Å². The molecule has 240 valence electrons. The van der Waals surface area contributed by atoms with Crippen LogP contribution in [0.5, 0.6) is 0 Å². The van der Waals surface area contributed by atoms with Gasteiger partial charge >= 0.3 is 0 Å². The number of hydrogen-bond acceptors (Lipinski definition) is 7. The molecule has 1 aliphatic carbocycles. The van der Waals surface area contributed by atoms with Crippen molar-refractivity contribution in [2.75, 3.05) is 32.7 Å². The highest BCUT2D eigenvalue weighted by Gasteiger charge is 2.45. The van der Waals surface area contributed by atoms with Gasteiger partial charge in [-0.2, -0.15) is 0 Å². The van der Waals surface area contributed by atoms with Crippen LogP contribution in [0.2, 0.25) is 5.02 Å². The number of rotatable bonds is 6. The average molecular weight is 635 g/mol. The lowest BCUT2D eigenvalue weighted by atomic mass is 9.91. The lowest BCUT2D eigenvalue weighted by Gasteiger charge is -2.47. The quantitative estimate of drug-likeness (QED) is 0.428. The number of halogens is 1. The standard InChI is InChI=1S/C34H43ClN6O4/c1-22(2)31(42)33(44)41-15-14-39(30-27-10-9-26(35)16-25(27)8-7-24-6-4-12-36-29(24)30)18-28(41)32(43)40-13-5-11-34(45,20-40)19-38-17-23(3)37-21-38/h4,6,9-10,12,16-17,21-22,28,30-31,42,45H,5,7-8,11,13-15,18-20H2,1-3H3/t28-,30-,31?,34?/m1/s1. The SMILES string of the molecule is Cc1cn(CC2(O)CCCN(C(=O)[C@H]3CN([C@@H]4c5ccc(Cl)cc5CCc5cccnc54)CCN3C(=O)C(O)C(C)C)C2)cn1. The number of pyridine rings is 1. The van der Waals surface area contributed by atoms with E-state index in [0.717, 1.165) is 40.9 Å². The van der Waals surface area contributed by atoms with Crippen LogP contribution < -0.4 is 0 Å². The highest BCUT2D eigenvalue weighted by molar-refractivity contribution is 6.30. The first-order valence-electron chi connectivity index (χ1n) is 16.0. The molecule has 3 aromatic rings. The summed E-state index contributed by atoms with van der Waals surface area (Å²) in [6.07, 6.45) is 7.04. The Morgan fingerprint density at radius 1 is 1.11 bits per heavy atom. The van der Waals surface area contributed by atoms with E-state index in [2.05, 4.69) is 22.0 Å². The van der Waals surface area contributed by atoms with Gasteiger partial charge in [-0.05, 0) is 73.4 Å². The zero-order valence-electron chi connectivity index (χ0n) is 26.3. The fourth-order valence-corrected chi connectivity index (χ4v) is 7.45. The van der Waals surface area contributed by atoms with Crippen molar-refractivity contribution in [3.63, 3.8) is 0 Å². The van der Waals surface area contributed by atoms with Crippen LogP contribution in [0.1, 0.15) is 60.8 Å². The number of aliphatic hydroxyl groups excluding tert-OH is 1. The number of hydrogen-bond donors (Lipinski definition) is 2. The summed E-state index contributed by atoms with van der Waals surface area (Å²) in [6.45, 7) is 7.54. The van der Waals surface area contributed by atoms with Crippen molar-refractivity contribution in [3.05, 3.63) is 82.2 Å². The summed E-state index contributed by atoms with van der Waals surface area (Å²) in [5.74, 6) is -0.939. The van der Waals surface area contributed by atoms with E-state index in [4.69, 9.17) is 16.6 Å². The van der Waals surface area contributed by atoms with Crippen LogP contribution in [0.25, 0.3) is 0 Å². The van der Waals surface area contributed by atoms with Crippen LogP contribution in [0, 0.1) is 12.8 Å². The van der Waals surface area contributed by atoms with E-state index in [-0.39, 0.29) is 37.5 Å². The minimum atomic E-state index is -1.21. The minimum absolute atomic E-state index is 0.156. The van der Waals surface area contributed by atoms with Gasteiger partial charge in [-0.3, -0.25) is 19.5 Å². The van der Waals surface area contributed by atoms with Gasteiger partial charge in [-0.15, -0.1) is 0 Å². The number of nitrogens with zero attached hydrogens (tertiary/aromatic N) is 6. The van der Waals surface area contributed by atoms with Crippen molar-refractivity contribution >= 4 is 23.4 Å². The van der Waals surface area contributed by atoms with Crippen molar-refractivity contribution in [2.45, 2.75) is 76.8 Å². The van der Waals surface area contributed by atoms with E-state index in [1.165, 1.54) is 0 Å². The number of likely N-dealkylation sites (tertiary alicyclic amines) is 1. The molecule has 3 aliphatic rings. The predicted octanol–water partition coefficient (Wildman–Crippen LogP) is 3.01. The van der Waals surface area contributed by atoms with Gasteiger partial charge in [-0.25, -0.2) is 4.98 Å². The molecule has 2 unspecified atom stereocenters. The summed E-state index contributed by atoms with van der Waals surface area (Å²) in [4.78, 5) is 42.8. The zero-order valence-corrected chi connectivity index (χ0v) is 27.0. The molecule has 0 radical (unpaired) electrons. The lowest BCUT2D eigenvalue weighted by molar-refractivity contribution is -0.159. The maximum absolute atomic E-state index is 14.5. The van der Waals surface area contributed by atoms with Gasteiger partial charge in [0.25, 0.3) is 5.91 Å². The van der Waals surface area contributed by atoms with Crippen LogP contribution >= 0.6 is 11.6 Å². The second-order valence-corrected chi connectivity index (χ2v) is 13.7. The fourth-order valence-electron chi connectivity index (χ4n) is 7.26. The molecule has 2 fully saturated rings. The number of β-amino-alcohol motifs (C(OH)–C–C–N with tert-alkyl or cyclic N) is 1. The van der Waals surface area contributed by atoms with Crippen LogP contribution in [0.4, 0.5) is 0 Å². The predicted molar refractivity (Wildman–Crippen MR) is 171 cm³/mol. The first-order valence-corrected chi connectivity index (χ1v) is 16.3. The number of aliphatic hydroxyl groups is 2. The lowest BCUT2D eigenvalue weighted by Crippen LogP contribution is -2.65. The van der Waals surface area contributed by atoms with Crippen LogP contribution in [0.3, 0.4) is 0 Å². The van der Waals surface area contributed by atoms with E-state index in [1.54, 1.807) is 30.0 Å². The Labute approximate surface area is 269 Å². The summed E-state index contributed by atoms with van der Waals surface area (Å²) in [6, 6.07) is 9.00. The van der Waals surface area contributed by atoms with Gasteiger partial charge in [-0.1, -0.05) is 37.6 Å². The van der Waals surface area contributed by atoms with E-state index < -0.39 is 23.7 Å². The third kappa shape index (κ3) is 6.52. The second-order valence-electron chi connectivity index (χ2n) is 13.3. The summed E-state index contributed by atoms with van der Waals surface area (Å²) >= 11 is 6.44. The molecule has 2 aromatic heterocycles.